The molecule has 0 radical (unpaired) electrons. The number of anilines is 1. The number of nitro groups is 1. The third kappa shape index (κ3) is 1.63. The Morgan fingerprint density at radius 3 is 3.00 bits per heavy atom. The SMILES string of the molecule is CC1CC2(CCO1)C(=O)Nc1c([N+](=O)[O-])cccc12. The molecule has 2 heterocycles. The maximum absolute atomic E-state index is 12.3. The van der Waals surface area contributed by atoms with Crippen molar-refractivity contribution in [2.24, 2.45) is 0 Å². The highest BCUT2D eigenvalue weighted by Crippen LogP contribution is 2.48. The van der Waals surface area contributed by atoms with Crippen LogP contribution in [0.25, 0.3) is 0 Å². The summed E-state index contributed by atoms with van der Waals surface area (Å²) < 4.78 is 5.49. The minimum atomic E-state index is -0.668. The Morgan fingerprint density at radius 2 is 2.32 bits per heavy atom. The Kier molecular flexibility index (Phi) is 2.56. The number of ether oxygens (including phenoxy) is 1. The highest BCUT2D eigenvalue weighted by atomic mass is 16.6. The number of benzene rings is 1. The zero-order valence-electron chi connectivity index (χ0n) is 10.5. The second-order valence-electron chi connectivity index (χ2n) is 5.13. The van der Waals surface area contributed by atoms with E-state index >= 15 is 0 Å². The van der Waals surface area contributed by atoms with E-state index in [0.29, 0.717) is 25.1 Å². The van der Waals surface area contributed by atoms with Crippen LogP contribution in [-0.2, 0) is 14.9 Å². The fourth-order valence-electron chi connectivity index (χ4n) is 3.11. The van der Waals surface area contributed by atoms with Crippen LogP contribution >= 0.6 is 0 Å². The molecule has 6 heteroatoms. The summed E-state index contributed by atoms with van der Waals surface area (Å²) in [5, 5.41) is 13.7. The molecule has 1 aromatic carbocycles. The molecule has 1 spiro atoms. The first kappa shape index (κ1) is 12.1. The second kappa shape index (κ2) is 4.03. The fraction of sp³-hybridized carbons (Fsp3) is 0.462. The van der Waals surface area contributed by atoms with Gasteiger partial charge in [-0.25, -0.2) is 0 Å². The highest BCUT2D eigenvalue weighted by molar-refractivity contribution is 6.08. The largest absolute Gasteiger partial charge is 0.378 e. The summed E-state index contributed by atoms with van der Waals surface area (Å²) in [6.07, 6.45) is 1.11. The summed E-state index contributed by atoms with van der Waals surface area (Å²) in [7, 11) is 0. The quantitative estimate of drug-likeness (QED) is 0.619. The monoisotopic (exact) mass is 262 g/mol. The van der Waals surface area contributed by atoms with Crippen LogP contribution in [0.3, 0.4) is 0 Å². The summed E-state index contributed by atoms with van der Waals surface area (Å²) in [6, 6.07) is 4.86. The van der Waals surface area contributed by atoms with E-state index in [1.54, 1.807) is 12.1 Å². The summed E-state index contributed by atoms with van der Waals surface area (Å²) in [5.74, 6) is -0.146. The fourth-order valence-corrected chi connectivity index (χ4v) is 3.11. The van der Waals surface area contributed by atoms with Gasteiger partial charge in [-0.15, -0.1) is 0 Å². The average molecular weight is 262 g/mol. The van der Waals surface area contributed by atoms with Crippen LogP contribution in [0.2, 0.25) is 0 Å². The maximum atomic E-state index is 12.3. The molecule has 0 saturated carbocycles. The van der Waals surface area contributed by atoms with Gasteiger partial charge < -0.3 is 10.1 Å². The Labute approximate surface area is 109 Å². The van der Waals surface area contributed by atoms with Crippen molar-refractivity contribution in [1.82, 2.24) is 0 Å². The van der Waals surface area contributed by atoms with Crippen LogP contribution < -0.4 is 5.32 Å². The van der Waals surface area contributed by atoms with Crippen molar-refractivity contribution in [2.45, 2.75) is 31.3 Å². The van der Waals surface area contributed by atoms with Crippen molar-refractivity contribution in [2.75, 3.05) is 11.9 Å². The summed E-state index contributed by atoms with van der Waals surface area (Å²) in [4.78, 5) is 22.9. The molecule has 1 fully saturated rings. The molecule has 19 heavy (non-hydrogen) atoms. The number of hydrogen-bond donors (Lipinski definition) is 1. The number of carbonyl (C=O) groups excluding carboxylic acids is 1. The van der Waals surface area contributed by atoms with Crippen LogP contribution in [0.4, 0.5) is 11.4 Å². The van der Waals surface area contributed by atoms with E-state index in [1.807, 2.05) is 6.92 Å². The third-order valence-electron chi connectivity index (χ3n) is 4.00. The lowest BCUT2D eigenvalue weighted by Gasteiger charge is -2.35. The molecule has 1 amide bonds. The van der Waals surface area contributed by atoms with Gasteiger partial charge in [0.1, 0.15) is 5.69 Å². The molecule has 2 aliphatic heterocycles. The summed E-state index contributed by atoms with van der Waals surface area (Å²) in [6.45, 7) is 2.42. The summed E-state index contributed by atoms with van der Waals surface area (Å²) >= 11 is 0. The van der Waals surface area contributed by atoms with Gasteiger partial charge in [0.2, 0.25) is 5.91 Å². The molecule has 6 nitrogen and oxygen atoms in total. The smallest absolute Gasteiger partial charge is 0.293 e. The molecule has 1 aromatic rings. The van der Waals surface area contributed by atoms with E-state index in [2.05, 4.69) is 5.32 Å². The number of rotatable bonds is 1. The van der Waals surface area contributed by atoms with Gasteiger partial charge in [-0.1, -0.05) is 12.1 Å². The first-order chi connectivity index (χ1) is 9.04. The van der Waals surface area contributed by atoms with E-state index < -0.39 is 10.3 Å². The minimum Gasteiger partial charge on any atom is -0.378 e. The number of para-hydroxylation sites is 1. The average Bonchev–Trinajstić information content (AvgIpc) is 2.62. The lowest BCUT2D eigenvalue weighted by Crippen LogP contribution is -2.42. The molecule has 0 bridgehead atoms. The zero-order chi connectivity index (χ0) is 13.6. The first-order valence-electron chi connectivity index (χ1n) is 6.25. The number of amides is 1. The lowest BCUT2D eigenvalue weighted by molar-refractivity contribution is -0.383. The third-order valence-corrected chi connectivity index (χ3v) is 4.00. The van der Waals surface area contributed by atoms with Crippen molar-refractivity contribution < 1.29 is 14.5 Å². The van der Waals surface area contributed by atoms with E-state index in [1.165, 1.54) is 6.07 Å². The van der Waals surface area contributed by atoms with Crippen molar-refractivity contribution in [3.05, 3.63) is 33.9 Å². The van der Waals surface area contributed by atoms with Gasteiger partial charge in [0.05, 0.1) is 16.4 Å². The molecule has 1 saturated heterocycles. The van der Waals surface area contributed by atoms with Crippen molar-refractivity contribution >= 4 is 17.3 Å². The van der Waals surface area contributed by atoms with Gasteiger partial charge in [-0.2, -0.15) is 0 Å². The van der Waals surface area contributed by atoms with E-state index in [-0.39, 0.29) is 17.7 Å². The number of fused-ring (bicyclic) bond motifs is 2. The van der Waals surface area contributed by atoms with E-state index in [4.69, 9.17) is 4.74 Å². The van der Waals surface area contributed by atoms with E-state index in [9.17, 15) is 14.9 Å². The van der Waals surface area contributed by atoms with Crippen LogP contribution in [-0.4, -0.2) is 23.5 Å². The van der Waals surface area contributed by atoms with Crippen molar-refractivity contribution in [3.8, 4) is 0 Å². The van der Waals surface area contributed by atoms with Crippen LogP contribution in [0.5, 0.6) is 0 Å². The summed E-state index contributed by atoms with van der Waals surface area (Å²) in [5.41, 5.74) is 0.384. The number of nitrogens with zero attached hydrogens (tertiary/aromatic N) is 1. The standard InChI is InChI=1S/C13H14N2O4/c1-8-7-13(5-6-19-8)9-3-2-4-10(15(17)18)11(9)14-12(13)16/h2-4,8H,5-7H2,1H3,(H,14,16). The van der Waals surface area contributed by atoms with Crippen LogP contribution in [0.1, 0.15) is 25.3 Å². The topological polar surface area (TPSA) is 81.5 Å². The van der Waals surface area contributed by atoms with Gasteiger partial charge >= 0.3 is 0 Å². The van der Waals surface area contributed by atoms with Crippen LogP contribution in [0, 0.1) is 10.1 Å². The number of nitro benzene ring substituents is 1. The molecular weight excluding hydrogens is 248 g/mol. The lowest BCUT2D eigenvalue weighted by atomic mass is 9.73. The molecule has 2 aliphatic rings. The predicted octanol–water partition coefficient (Wildman–Crippen LogP) is 1.98. The van der Waals surface area contributed by atoms with Crippen molar-refractivity contribution in [1.29, 1.82) is 0 Å². The van der Waals surface area contributed by atoms with Crippen LogP contribution in [0.15, 0.2) is 18.2 Å². The molecule has 0 aromatic heterocycles. The second-order valence-corrected chi connectivity index (χ2v) is 5.13. The van der Waals surface area contributed by atoms with Crippen molar-refractivity contribution in [3.63, 3.8) is 0 Å². The molecule has 100 valence electrons. The molecule has 2 atom stereocenters. The highest BCUT2D eigenvalue weighted by Gasteiger charge is 2.51. The number of carbonyl (C=O) groups is 1. The van der Waals surface area contributed by atoms with E-state index in [0.717, 1.165) is 5.56 Å². The Morgan fingerprint density at radius 1 is 1.53 bits per heavy atom. The molecule has 1 N–H and O–H groups in total. The maximum Gasteiger partial charge on any atom is 0.293 e. The van der Waals surface area contributed by atoms with Gasteiger partial charge in [-0.05, 0) is 25.3 Å². The van der Waals surface area contributed by atoms with Gasteiger partial charge in [0.25, 0.3) is 5.69 Å². The zero-order valence-corrected chi connectivity index (χ0v) is 10.5. The Balaban J connectivity index is 2.15. The number of nitrogens with one attached hydrogen (secondary N) is 1. The predicted molar refractivity (Wildman–Crippen MR) is 68.1 cm³/mol. The molecule has 0 aliphatic carbocycles. The minimum absolute atomic E-state index is 0.0234. The van der Waals surface area contributed by atoms with Gasteiger partial charge in [0, 0.05) is 12.7 Å². The Hall–Kier alpha value is -1.95. The molecule has 3 rings (SSSR count). The Bertz CT molecular complexity index is 572. The number of hydrogen-bond acceptors (Lipinski definition) is 4. The molecular formula is C13H14N2O4. The normalized spacial score (nSPS) is 29.1. The molecule has 2 unspecified atom stereocenters. The first-order valence-corrected chi connectivity index (χ1v) is 6.25. The van der Waals surface area contributed by atoms with Gasteiger partial charge in [0.15, 0.2) is 0 Å². The van der Waals surface area contributed by atoms with Gasteiger partial charge in [-0.3, -0.25) is 14.9 Å².